The Morgan fingerprint density at radius 1 is 1.29 bits per heavy atom. The van der Waals surface area contributed by atoms with Gasteiger partial charge in [0.2, 0.25) is 0 Å². The van der Waals surface area contributed by atoms with Crippen LogP contribution in [-0.2, 0) is 51.0 Å². The van der Waals surface area contributed by atoms with Crippen LogP contribution in [0, 0.1) is 0 Å². The molecule has 0 amide bonds. The smallest absolute Gasteiger partial charge is 0.00452 e. The summed E-state index contributed by atoms with van der Waals surface area (Å²) in [6.45, 7) is 2.03. The molecule has 7 heavy (non-hydrogen) atoms. The summed E-state index contributed by atoms with van der Waals surface area (Å²) in [4.78, 5) is 0. The number of rotatable bonds is 0. The molecule has 0 rings (SSSR count). The minimum Gasteiger partial charge on any atom is -0.765 e. The molecule has 1 atom stereocenters. The standard InChI is InChI=1S/CH5Si.Mn.H2O.H2PS.Ti/c1-2;;;1-2;/h2H2,1H3;;1H2;1H2;/q;;;-1;. The fourth-order valence-corrected chi connectivity index (χ4v) is 0. The molecule has 1 unspecified atom stereocenters. The molecule has 0 aromatic heterocycles. The van der Waals surface area contributed by atoms with E-state index in [0.29, 0.717) is 0 Å². The quantitative estimate of drug-likeness (QED) is 0.304. The predicted molar refractivity (Wildman–Crippen MR) is 35.1 cm³/mol. The molecule has 0 aliphatic rings. The Bertz CT molecular complexity index is 19.7. The van der Waals surface area contributed by atoms with E-state index in [-0.39, 0.29) is 44.3 Å². The fraction of sp³-hybridized carbons (Fsp3) is 1.00. The molecule has 6 heteroatoms. The average molecular weight is 231 g/mol. The second-order valence-electron chi connectivity index (χ2n) is 0. The Labute approximate surface area is 81.2 Å². The van der Waals surface area contributed by atoms with Crippen LogP contribution in [0.4, 0.5) is 0 Å². The molecule has 46 valence electrons. The summed E-state index contributed by atoms with van der Waals surface area (Å²) in [5.41, 5.74) is 0. The van der Waals surface area contributed by atoms with Gasteiger partial charge in [0, 0.05) is 49.0 Å². The Kier molecular flexibility index (Phi) is 443. The number of hydrogen-bond acceptors (Lipinski definition) is 1. The van der Waals surface area contributed by atoms with Gasteiger partial charge in [-0.2, -0.15) is 0 Å². The molecular formula is CH9MnOPSSiTi-. The molecule has 0 saturated carbocycles. The minimum absolute atomic E-state index is 0. The first-order chi connectivity index (χ1) is 2.00. The number of hydrogen-bond donors (Lipinski definition) is 0. The second-order valence-corrected chi connectivity index (χ2v) is 0. The average Bonchev–Trinajstić information content (AvgIpc) is 1.50. The maximum absolute atomic E-state index is 4.00. The SMILES string of the molecule is C[SiH2].O.P[S-].[Mn].[Ti]. The fourth-order valence-electron chi connectivity index (χ4n) is 0. The van der Waals surface area contributed by atoms with E-state index < -0.39 is 0 Å². The summed E-state index contributed by atoms with van der Waals surface area (Å²) >= 11 is 4.00. The minimum atomic E-state index is 0. The predicted octanol–water partition coefficient (Wildman–Crippen LogP) is -0.839. The molecule has 0 spiro atoms. The Morgan fingerprint density at radius 3 is 1.29 bits per heavy atom. The van der Waals surface area contributed by atoms with E-state index in [4.69, 9.17) is 0 Å². The summed E-state index contributed by atoms with van der Waals surface area (Å²) in [7, 11) is 3.86. The van der Waals surface area contributed by atoms with E-state index in [1.165, 1.54) is 0 Å². The summed E-state index contributed by atoms with van der Waals surface area (Å²) in [6.07, 6.45) is 0. The Balaban J connectivity index is -0.00000000267. The van der Waals surface area contributed by atoms with E-state index in [0.717, 1.165) is 0 Å². The van der Waals surface area contributed by atoms with Crippen LogP contribution in [0.15, 0.2) is 0 Å². The van der Waals surface area contributed by atoms with Crippen molar-refractivity contribution in [3.63, 3.8) is 0 Å². The van der Waals surface area contributed by atoms with Crippen molar-refractivity contribution < 1.29 is 44.3 Å². The molecule has 0 fully saturated rings. The van der Waals surface area contributed by atoms with E-state index in [1.807, 2.05) is 25.2 Å². The van der Waals surface area contributed by atoms with Crippen LogP contribution in [0.5, 0.6) is 0 Å². The van der Waals surface area contributed by atoms with Crippen LogP contribution < -0.4 is 0 Å². The third-order valence-electron chi connectivity index (χ3n) is 0. The first-order valence-electron chi connectivity index (χ1n) is 0.943. The van der Waals surface area contributed by atoms with Gasteiger partial charge in [-0.25, -0.2) is 0 Å². The molecule has 2 N–H and O–H groups in total. The van der Waals surface area contributed by atoms with Gasteiger partial charge < -0.3 is 17.7 Å². The zero-order chi connectivity index (χ0) is 4.00. The van der Waals surface area contributed by atoms with Gasteiger partial charge in [-0.3, -0.25) is 8.44 Å². The van der Waals surface area contributed by atoms with Crippen LogP contribution in [0.25, 0.3) is 0 Å². The van der Waals surface area contributed by atoms with Gasteiger partial charge in [-0.1, -0.05) is 6.55 Å². The van der Waals surface area contributed by atoms with Crippen LogP contribution in [0.3, 0.4) is 0 Å². The monoisotopic (exact) mass is 231 g/mol. The third-order valence-corrected chi connectivity index (χ3v) is 0. The molecule has 2 radical (unpaired) electrons. The summed E-state index contributed by atoms with van der Waals surface area (Å²) < 4.78 is 0. The van der Waals surface area contributed by atoms with E-state index >= 15 is 0 Å². The van der Waals surface area contributed by atoms with Crippen molar-refractivity contribution in [2.24, 2.45) is 0 Å². The molecule has 0 bridgehead atoms. The zero-order valence-corrected chi connectivity index (χ0v) is 10.2. The molecule has 0 heterocycles. The van der Waals surface area contributed by atoms with Gasteiger partial charge in [-0.15, -0.1) is 0 Å². The van der Waals surface area contributed by atoms with Gasteiger partial charge >= 0.3 is 0 Å². The van der Waals surface area contributed by atoms with Crippen molar-refractivity contribution in [1.29, 1.82) is 0 Å². The summed E-state index contributed by atoms with van der Waals surface area (Å²) in [6, 6.07) is 0. The molecule has 1 nitrogen and oxygen atoms in total. The summed E-state index contributed by atoms with van der Waals surface area (Å²) in [5, 5.41) is 0. The van der Waals surface area contributed by atoms with E-state index in [9.17, 15) is 0 Å². The van der Waals surface area contributed by atoms with Crippen molar-refractivity contribution in [3.8, 4) is 0 Å². The summed E-state index contributed by atoms with van der Waals surface area (Å²) in [5.74, 6) is 0. The molecular weight excluding hydrogens is 222 g/mol. The maximum atomic E-state index is 4.00. The van der Waals surface area contributed by atoms with Gasteiger partial charge in [-0.05, 0) is 0 Å². The molecule has 0 aliphatic heterocycles. The molecule has 0 aromatic rings. The molecule has 0 saturated heterocycles. The Hall–Kier alpha value is 2.19. The first kappa shape index (κ1) is 35.1. The topological polar surface area (TPSA) is 31.5 Å². The van der Waals surface area contributed by atoms with Crippen LogP contribution in [0.2, 0.25) is 6.55 Å². The van der Waals surface area contributed by atoms with Gasteiger partial charge in [0.15, 0.2) is 0 Å². The van der Waals surface area contributed by atoms with Crippen LogP contribution in [0.1, 0.15) is 0 Å². The molecule has 0 aromatic carbocycles. The second kappa shape index (κ2) is 88.2. The zero-order valence-electron chi connectivity index (χ0n) is 4.07. The van der Waals surface area contributed by atoms with Crippen molar-refractivity contribution in [1.82, 2.24) is 0 Å². The van der Waals surface area contributed by atoms with Gasteiger partial charge in [0.25, 0.3) is 0 Å². The van der Waals surface area contributed by atoms with E-state index in [2.05, 4.69) is 12.2 Å². The van der Waals surface area contributed by atoms with Crippen molar-refractivity contribution in [3.05, 3.63) is 0 Å². The van der Waals surface area contributed by atoms with E-state index in [1.54, 1.807) is 0 Å². The van der Waals surface area contributed by atoms with Crippen LogP contribution in [-0.4, -0.2) is 15.7 Å². The van der Waals surface area contributed by atoms with Crippen molar-refractivity contribution >= 4 is 30.9 Å². The maximum Gasteiger partial charge on any atom is 0.00452 e. The molecule has 0 aliphatic carbocycles. The van der Waals surface area contributed by atoms with Gasteiger partial charge in [0.05, 0.1) is 0 Å². The first-order valence-corrected chi connectivity index (χ1v) is 4.24. The third kappa shape index (κ3) is 65.4. The van der Waals surface area contributed by atoms with Gasteiger partial charge in [0.1, 0.15) is 0 Å². The normalized spacial score (nSPS) is 1.71. The Morgan fingerprint density at radius 2 is 1.29 bits per heavy atom. The largest absolute Gasteiger partial charge is 0.765 e. The van der Waals surface area contributed by atoms with Crippen molar-refractivity contribution in [2.75, 3.05) is 0 Å². The van der Waals surface area contributed by atoms with Crippen molar-refractivity contribution in [2.45, 2.75) is 6.55 Å². The van der Waals surface area contributed by atoms with Crippen LogP contribution >= 0.6 is 8.44 Å².